The highest BCUT2D eigenvalue weighted by Crippen LogP contribution is 2.75. The summed E-state index contributed by atoms with van der Waals surface area (Å²) in [6, 6.07) is -0.928. The molecule has 8 heteroatoms. The van der Waals surface area contributed by atoms with Crippen LogP contribution in [0.2, 0.25) is 0 Å². The molecule has 4 saturated carbocycles. The summed E-state index contributed by atoms with van der Waals surface area (Å²) in [7, 11) is 0. The first-order valence-electron chi connectivity index (χ1n) is 20.5. The zero-order chi connectivity index (χ0) is 37.6. The Labute approximate surface area is 308 Å². The molecule has 0 aromatic heterocycles. The van der Waals surface area contributed by atoms with Gasteiger partial charge in [0.05, 0.1) is 5.41 Å². The molecular weight excluding hydrogens is 640 g/mol. The lowest BCUT2D eigenvalue weighted by molar-refractivity contribution is -0.213. The SMILES string of the molecule is CCCCCC(=O)O[C@H]1CC[C@@]2(C)C(CC[C@]3(C)C2CC=C2C4CC(C)(C)CC[C@]4(C(=O)NCCCC(=O)N[C@@H](C)C(=O)O)CC[C@]23C)C1(C)C. The van der Waals surface area contributed by atoms with E-state index in [0.29, 0.717) is 31.2 Å². The van der Waals surface area contributed by atoms with Crippen molar-refractivity contribution in [3.63, 3.8) is 0 Å². The first-order chi connectivity index (χ1) is 23.8. The maximum atomic E-state index is 14.4. The zero-order valence-electron chi connectivity index (χ0n) is 33.5. The van der Waals surface area contributed by atoms with Crippen LogP contribution in [0.5, 0.6) is 0 Å². The van der Waals surface area contributed by atoms with Gasteiger partial charge in [0.1, 0.15) is 12.1 Å². The van der Waals surface area contributed by atoms with Gasteiger partial charge in [-0.2, -0.15) is 0 Å². The van der Waals surface area contributed by atoms with E-state index in [1.807, 2.05) is 0 Å². The third-order valence-corrected chi connectivity index (χ3v) is 15.9. The maximum Gasteiger partial charge on any atom is 0.325 e. The lowest BCUT2D eigenvalue weighted by Gasteiger charge is -2.71. The van der Waals surface area contributed by atoms with Gasteiger partial charge in [-0.05, 0) is 123 Å². The van der Waals surface area contributed by atoms with Crippen molar-refractivity contribution < 1.29 is 29.0 Å². The van der Waals surface area contributed by atoms with E-state index in [9.17, 15) is 19.2 Å². The predicted molar refractivity (Wildman–Crippen MR) is 201 cm³/mol. The minimum absolute atomic E-state index is 0.0113. The number of nitrogens with one attached hydrogen (secondary N) is 2. The number of ether oxygens (including phenoxy) is 1. The first-order valence-corrected chi connectivity index (χ1v) is 20.5. The second-order valence-corrected chi connectivity index (χ2v) is 19.7. The van der Waals surface area contributed by atoms with Crippen LogP contribution in [0.1, 0.15) is 165 Å². The maximum absolute atomic E-state index is 14.4. The van der Waals surface area contributed by atoms with Crippen LogP contribution in [-0.2, 0) is 23.9 Å². The topological polar surface area (TPSA) is 122 Å². The molecule has 5 rings (SSSR count). The number of carbonyl (C=O) groups is 4. The number of hydrogen-bond acceptors (Lipinski definition) is 5. The summed E-state index contributed by atoms with van der Waals surface area (Å²) >= 11 is 0. The number of hydrogen-bond donors (Lipinski definition) is 3. The van der Waals surface area contributed by atoms with Crippen LogP contribution >= 0.6 is 0 Å². The van der Waals surface area contributed by atoms with Gasteiger partial charge in [-0.25, -0.2) is 0 Å². The number of carboxylic acid groups (broad SMARTS) is 1. The summed E-state index contributed by atoms with van der Waals surface area (Å²) in [5.74, 6) is -0.0323. The lowest BCUT2D eigenvalue weighted by atomic mass is 9.33. The third kappa shape index (κ3) is 7.04. The number of carboxylic acids is 1. The smallest absolute Gasteiger partial charge is 0.325 e. The number of amides is 2. The molecule has 0 aromatic rings. The van der Waals surface area contributed by atoms with Crippen molar-refractivity contribution in [2.24, 2.45) is 50.2 Å². The van der Waals surface area contributed by atoms with Crippen molar-refractivity contribution >= 4 is 23.8 Å². The molecule has 0 heterocycles. The molecule has 5 aliphatic rings. The molecule has 0 bridgehead atoms. The Bertz CT molecular complexity index is 1390. The van der Waals surface area contributed by atoms with E-state index >= 15 is 0 Å². The third-order valence-electron chi connectivity index (χ3n) is 15.9. The Kier molecular flexibility index (Phi) is 11.3. The quantitative estimate of drug-likeness (QED) is 0.106. The van der Waals surface area contributed by atoms with Crippen molar-refractivity contribution in [3.8, 4) is 0 Å². The molecule has 0 aliphatic heterocycles. The highest BCUT2D eigenvalue weighted by Gasteiger charge is 2.69. The van der Waals surface area contributed by atoms with Crippen LogP contribution in [0.25, 0.3) is 0 Å². The molecular formula is C43H70N2O6. The zero-order valence-corrected chi connectivity index (χ0v) is 33.5. The van der Waals surface area contributed by atoms with E-state index in [4.69, 9.17) is 9.84 Å². The first kappa shape index (κ1) is 39.8. The Balaban J connectivity index is 1.35. The van der Waals surface area contributed by atoms with Gasteiger partial charge in [0.25, 0.3) is 0 Å². The lowest BCUT2D eigenvalue weighted by Crippen LogP contribution is -2.65. The van der Waals surface area contributed by atoms with E-state index < -0.39 is 17.4 Å². The van der Waals surface area contributed by atoms with E-state index in [2.05, 4.69) is 72.1 Å². The fraction of sp³-hybridized carbons (Fsp3) is 0.860. The van der Waals surface area contributed by atoms with Crippen molar-refractivity contribution in [2.75, 3.05) is 6.54 Å². The van der Waals surface area contributed by atoms with Gasteiger partial charge < -0.3 is 20.5 Å². The van der Waals surface area contributed by atoms with Crippen molar-refractivity contribution in [2.45, 2.75) is 177 Å². The summed E-state index contributed by atoms with van der Waals surface area (Å²) in [6.45, 7) is 21.2. The second kappa shape index (κ2) is 14.5. The molecule has 2 amide bonds. The molecule has 8 nitrogen and oxygen atoms in total. The molecule has 9 atom stereocenters. The molecule has 5 aliphatic carbocycles. The highest BCUT2D eigenvalue weighted by molar-refractivity contribution is 5.85. The van der Waals surface area contributed by atoms with E-state index in [0.717, 1.165) is 83.5 Å². The molecule has 0 spiro atoms. The van der Waals surface area contributed by atoms with Crippen LogP contribution in [0, 0.1) is 50.2 Å². The number of aliphatic carboxylic acids is 1. The molecule has 3 N–H and O–H groups in total. The Hall–Kier alpha value is -2.38. The average Bonchev–Trinajstić information content (AvgIpc) is 3.04. The number of carbonyl (C=O) groups excluding carboxylic acids is 3. The second-order valence-electron chi connectivity index (χ2n) is 19.7. The molecule has 51 heavy (non-hydrogen) atoms. The molecule has 4 fully saturated rings. The largest absolute Gasteiger partial charge is 0.480 e. The minimum atomic E-state index is -1.06. The summed E-state index contributed by atoms with van der Waals surface area (Å²) in [5.41, 5.74) is 1.45. The average molecular weight is 711 g/mol. The molecule has 288 valence electrons. The van der Waals surface area contributed by atoms with Gasteiger partial charge in [0, 0.05) is 24.8 Å². The van der Waals surface area contributed by atoms with Gasteiger partial charge in [0.2, 0.25) is 11.8 Å². The standard InChI is InChI=1S/C43H70N2O6/c1-10-11-12-15-35(47)51-33-19-20-40(7)31(39(33,5)6)18-21-42(9)32(40)17-16-29-30-27-38(3,4)22-24-43(30,25-23-41(29,42)8)37(50)44-26-13-14-34(46)45-28(2)36(48)49/h16,28,30-33H,10-15,17-27H2,1-9H3,(H,44,50)(H,45,46)(H,48,49)/t28-,30?,31?,32?,33-,40-,41+,42+,43-/m0/s1. The van der Waals surface area contributed by atoms with Gasteiger partial charge in [-0.3, -0.25) is 19.2 Å². The normalized spacial score (nSPS) is 38.3. The van der Waals surface area contributed by atoms with Crippen LogP contribution in [0.4, 0.5) is 0 Å². The summed E-state index contributed by atoms with van der Waals surface area (Å²) in [4.78, 5) is 50.6. The molecule has 3 unspecified atom stereocenters. The Morgan fingerprint density at radius 1 is 0.882 bits per heavy atom. The van der Waals surface area contributed by atoms with Crippen LogP contribution < -0.4 is 10.6 Å². The van der Waals surface area contributed by atoms with Gasteiger partial charge in [0.15, 0.2) is 0 Å². The van der Waals surface area contributed by atoms with Gasteiger partial charge in [-0.15, -0.1) is 0 Å². The van der Waals surface area contributed by atoms with Crippen LogP contribution in [0.15, 0.2) is 11.6 Å². The fourth-order valence-corrected chi connectivity index (χ4v) is 12.6. The predicted octanol–water partition coefficient (Wildman–Crippen LogP) is 8.77. The number of rotatable bonds is 12. The van der Waals surface area contributed by atoms with E-state index in [1.165, 1.54) is 12.5 Å². The minimum Gasteiger partial charge on any atom is -0.480 e. The highest BCUT2D eigenvalue weighted by atomic mass is 16.5. The van der Waals surface area contributed by atoms with E-state index in [-0.39, 0.29) is 63.3 Å². The summed E-state index contributed by atoms with van der Waals surface area (Å²) in [6.07, 6.45) is 17.0. The number of esters is 1. The molecule has 0 aromatic carbocycles. The van der Waals surface area contributed by atoms with Gasteiger partial charge >= 0.3 is 11.9 Å². The fourth-order valence-electron chi connectivity index (χ4n) is 12.6. The van der Waals surface area contributed by atoms with Crippen LogP contribution in [-0.4, -0.2) is 47.6 Å². The Morgan fingerprint density at radius 2 is 1.59 bits per heavy atom. The molecule has 0 saturated heterocycles. The van der Waals surface area contributed by atoms with Crippen molar-refractivity contribution in [3.05, 3.63) is 11.6 Å². The summed E-state index contributed by atoms with van der Waals surface area (Å²) < 4.78 is 6.27. The number of unbranched alkanes of at least 4 members (excludes halogenated alkanes) is 2. The Morgan fingerprint density at radius 3 is 2.27 bits per heavy atom. The van der Waals surface area contributed by atoms with Crippen molar-refractivity contribution in [1.82, 2.24) is 10.6 Å². The van der Waals surface area contributed by atoms with Crippen LogP contribution in [0.3, 0.4) is 0 Å². The monoisotopic (exact) mass is 711 g/mol. The van der Waals surface area contributed by atoms with Crippen molar-refractivity contribution in [1.29, 1.82) is 0 Å². The number of allylic oxidation sites excluding steroid dienone is 2. The number of fused-ring (bicyclic) bond motifs is 7. The van der Waals surface area contributed by atoms with Gasteiger partial charge in [-0.1, -0.05) is 79.9 Å². The molecule has 0 radical (unpaired) electrons. The summed E-state index contributed by atoms with van der Waals surface area (Å²) in [5, 5.41) is 14.9. The van der Waals surface area contributed by atoms with E-state index in [1.54, 1.807) is 0 Å².